The fourth-order valence-corrected chi connectivity index (χ4v) is 2.88. The molecule has 0 radical (unpaired) electrons. The summed E-state index contributed by atoms with van der Waals surface area (Å²) >= 11 is 1.78. The third-order valence-corrected chi connectivity index (χ3v) is 4.17. The van der Waals surface area contributed by atoms with E-state index in [-0.39, 0.29) is 0 Å². The number of nitrogens with one attached hydrogen (secondary N) is 1. The van der Waals surface area contributed by atoms with Crippen LogP contribution in [0.15, 0.2) is 5.51 Å². The molecule has 0 aliphatic rings. The Morgan fingerprint density at radius 2 is 2.12 bits per heavy atom. The van der Waals surface area contributed by atoms with Gasteiger partial charge in [0.1, 0.15) is 0 Å². The van der Waals surface area contributed by atoms with E-state index in [1.54, 1.807) is 11.3 Å². The second kappa shape index (κ2) is 8.65. The molecule has 0 aliphatic heterocycles. The van der Waals surface area contributed by atoms with E-state index in [4.69, 9.17) is 0 Å². The molecule has 1 aromatic rings. The van der Waals surface area contributed by atoms with Gasteiger partial charge in [-0.25, -0.2) is 4.98 Å². The summed E-state index contributed by atoms with van der Waals surface area (Å²) in [7, 11) is 0. The first kappa shape index (κ1) is 14.7. The van der Waals surface area contributed by atoms with Gasteiger partial charge in [0.05, 0.1) is 11.2 Å². The first-order valence-corrected chi connectivity index (χ1v) is 7.78. The molecular weight excluding hydrogens is 228 g/mol. The Balaban J connectivity index is 2.24. The number of hydrogen-bond donors (Lipinski definition) is 1. The molecule has 1 N–H and O–H groups in total. The van der Waals surface area contributed by atoms with Crippen LogP contribution in [0, 0.1) is 6.92 Å². The summed E-state index contributed by atoms with van der Waals surface area (Å²) in [5, 5.41) is 3.70. The number of rotatable bonds is 9. The molecule has 98 valence electrons. The summed E-state index contributed by atoms with van der Waals surface area (Å²) in [6, 6.07) is 0.716. The lowest BCUT2D eigenvalue weighted by molar-refractivity contribution is 0.438. The average Bonchev–Trinajstić information content (AvgIpc) is 2.72. The molecule has 0 spiro atoms. The predicted octanol–water partition coefficient (Wildman–Crippen LogP) is 3.94. The van der Waals surface area contributed by atoms with E-state index in [2.05, 4.69) is 31.1 Å². The Morgan fingerprint density at radius 1 is 1.29 bits per heavy atom. The molecule has 2 nitrogen and oxygen atoms in total. The molecule has 0 aliphatic carbocycles. The highest BCUT2D eigenvalue weighted by atomic mass is 32.1. The molecule has 1 aromatic heterocycles. The highest BCUT2D eigenvalue weighted by molar-refractivity contribution is 7.09. The van der Waals surface area contributed by atoms with E-state index in [9.17, 15) is 0 Å². The van der Waals surface area contributed by atoms with E-state index < -0.39 is 0 Å². The number of thiazole rings is 1. The minimum atomic E-state index is 0.716. The third-order valence-electron chi connectivity index (χ3n) is 3.17. The van der Waals surface area contributed by atoms with E-state index >= 15 is 0 Å². The van der Waals surface area contributed by atoms with Crippen LogP contribution in [0.1, 0.15) is 56.5 Å². The van der Waals surface area contributed by atoms with Crippen molar-refractivity contribution >= 4 is 11.3 Å². The first-order valence-electron chi connectivity index (χ1n) is 6.90. The molecule has 1 heterocycles. The van der Waals surface area contributed by atoms with Gasteiger partial charge in [0, 0.05) is 17.5 Å². The van der Waals surface area contributed by atoms with Gasteiger partial charge in [-0.2, -0.15) is 0 Å². The first-order chi connectivity index (χ1) is 8.27. The van der Waals surface area contributed by atoms with Crippen LogP contribution < -0.4 is 5.32 Å². The van der Waals surface area contributed by atoms with E-state index in [0.717, 1.165) is 13.0 Å². The SMILES string of the molecule is CCCCC(CCC)NCCc1scnc1C. The van der Waals surface area contributed by atoms with Crippen LogP contribution in [0.2, 0.25) is 0 Å². The molecule has 0 aromatic carbocycles. The predicted molar refractivity (Wildman–Crippen MR) is 76.8 cm³/mol. The highest BCUT2D eigenvalue weighted by Gasteiger charge is 2.07. The minimum absolute atomic E-state index is 0.716. The molecule has 0 saturated carbocycles. The third kappa shape index (κ3) is 5.64. The molecule has 0 saturated heterocycles. The summed E-state index contributed by atoms with van der Waals surface area (Å²) in [5.41, 5.74) is 3.16. The monoisotopic (exact) mass is 254 g/mol. The van der Waals surface area contributed by atoms with E-state index in [0.29, 0.717) is 6.04 Å². The van der Waals surface area contributed by atoms with Crippen LogP contribution in [0.5, 0.6) is 0 Å². The van der Waals surface area contributed by atoms with Gasteiger partial charge in [-0.3, -0.25) is 0 Å². The Kier molecular flexibility index (Phi) is 7.45. The number of unbranched alkanes of at least 4 members (excludes halogenated alkanes) is 1. The van der Waals surface area contributed by atoms with Gasteiger partial charge in [-0.05, 0) is 26.2 Å². The molecule has 0 amide bonds. The van der Waals surface area contributed by atoms with Crippen LogP contribution in [0.3, 0.4) is 0 Å². The molecule has 3 heteroatoms. The van der Waals surface area contributed by atoms with Crippen LogP contribution in [0.4, 0.5) is 0 Å². The highest BCUT2D eigenvalue weighted by Crippen LogP contribution is 2.13. The smallest absolute Gasteiger partial charge is 0.0797 e. The minimum Gasteiger partial charge on any atom is -0.314 e. The van der Waals surface area contributed by atoms with Gasteiger partial charge in [-0.15, -0.1) is 11.3 Å². The molecular formula is C14H26N2S. The van der Waals surface area contributed by atoms with Gasteiger partial charge >= 0.3 is 0 Å². The number of hydrogen-bond acceptors (Lipinski definition) is 3. The maximum Gasteiger partial charge on any atom is 0.0797 e. The average molecular weight is 254 g/mol. The van der Waals surface area contributed by atoms with Gasteiger partial charge < -0.3 is 5.32 Å². The van der Waals surface area contributed by atoms with Crippen molar-refractivity contribution in [2.45, 2.75) is 65.3 Å². The molecule has 1 rings (SSSR count). The summed E-state index contributed by atoms with van der Waals surface area (Å²) in [6.07, 6.45) is 7.69. The molecule has 0 fully saturated rings. The lowest BCUT2D eigenvalue weighted by Crippen LogP contribution is -2.30. The second-order valence-corrected chi connectivity index (χ2v) is 5.63. The lowest BCUT2D eigenvalue weighted by atomic mass is 10.1. The van der Waals surface area contributed by atoms with E-state index in [1.807, 2.05) is 5.51 Å². The van der Waals surface area contributed by atoms with Crippen LogP contribution in [0.25, 0.3) is 0 Å². The van der Waals surface area contributed by atoms with Gasteiger partial charge in [0.15, 0.2) is 0 Å². The normalized spacial score (nSPS) is 12.9. The molecule has 1 unspecified atom stereocenters. The maximum absolute atomic E-state index is 4.29. The number of nitrogens with zero attached hydrogens (tertiary/aromatic N) is 1. The van der Waals surface area contributed by atoms with Crippen molar-refractivity contribution in [1.82, 2.24) is 10.3 Å². The van der Waals surface area contributed by atoms with Crippen molar-refractivity contribution < 1.29 is 0 Å². The maximum atomic E-state index is 4.29. The Hall–Kier alpha value is -0.410. The van der Waals surface area contributed by atoms with Crippen LogP contribution >= 0.6 is 11.3 Å². The molecule has 17 heavy (non-hydrogen) atoms. The number of aryl methyl sites for hydroxylation is 1. The molecule has 0 bridgehead atoms. The van der Waals surface area contributed by atoms with Gasteiger partial charge in [0.25, 0.3) is 0 Å². The van der Waals surface area contributed by atoms with Gasteiger partial charge in [-0.1, -0.05) is 33.1 Å². The zero-order chi connectivity index (χ0) is 12.5. The summed E-state index contributed by atoms with van der Waals surface area (Å²) < 4.78 is 0. The van der Waals surface area contributed by atoms with Crippen molar-refractivity contribution in [2.75, 3.05) is 6.54 Å². The summed E-state index contributed by atoms with van der Waals surface area (Å²) in [5.74, 6) is 0. The van der Waals surface area contributed by atoms with Crippen LogP contribution in [-0.4, -0.2) is 17.6 Å². The Bertz CT molecular complexity index is 296. The summed E-state index contributed by atoms with van der Waals surface area (Å²) in [6.45, 7) is 7.74. The lowest BCUT2D eigenvalue weighted by Gasteiger charge is -2.17. The Morgan fingerprint density at radius 3 is 2.71 bits per heavy atom. The van der Waals surface area contributed by atoms with Crippen molar-refractivity contribution in [2.24, 2.45) is 0 Å². The number of aromatic nitrogens is 1. The quantitative estimate of drug-likeness (QED) is 0.722. The van der Waals surface area contributed by atoms with Crippen LogP contribution in [-0.2, 0) is 6.42 Å². The van der Waals surface area contributed by atoms with Crippen molar-refractivity contribution in [3.63, 3.8) is 0 Å². The van der Waals surface area contributed by atoms with Gasteiger partial charge in [0.2, 0.25) is 0 Å². The fraction of sp³-hybridized carbons (Fsp3) is 0.786. The zero-order valence-corrected chi connectivity index (χ0v) is 12.3. The standard InChI is InChI=1S/C14H26N2S/c1-4-6-8-13(7-5-2)15-10-9-14-12(3)16-11-17-14/h11,13,15H,4-10H2,1-3H3. The Labute approximate surface area is 110 Å². The molecule has 1 atom stereocenters. The second-order valence-electron chi connectivity index (χ2n) is 4.69. The van der Waals surface area contributed by atoms with Crippen molar-refractivity contribution in [3.8, 4) is 0 Å². The largest absolute Gasteiger partial charge is 0.314 e. The summed E-state index contributed by atoms with van der Waals surface area (Å²) in [4.78, 5) is 5.72. The zero-order valence-electron chi connectivity index (χ0n) is 11.5. The topological polar surface area (TPSA) is 24.9 Å². The van der Waals surface area contributed by atoms with Crippen molar-refractivity contribution in [1.29, 1.82) is 0 Å². The van der Waals surface area contributed by atoms with E-state index in [1.165, 1.54) is 42.7 Å². The fourth-order valence-electron chi connectivity index (χ4n) is 2.10. The van der Waals surface area contributed by atoms with Crippen molar-refractivity contribution in [3.05, 3.63) is 16.1 Å².